The first-order chi connectivity index (χ1) is 14.1. The van der Waals surface area contributed by atoms with E-state index in [1.54, 1.807) is 14.2 Å². The van der Waals surface area contributed by atoms with Crippen molar-refractivity contribution in [1.29, 1.82) is 0 Å². The number of hydrogen-bond donors (Lipinski definition) is 1. The van der Waals surface area contributed by atoms with E-state index >= 15 is 0 Å². The molecule has 2 aromatic rings. The number of carbonyl (C=O) groups excluding carboxylic acids is 1. The van der Waals surface area contributed by atoms with Crippen LogP contribution in [0.25, 0.3) is 0 Å². The minimum Gasteiger partial charge on any atom is -0.493 e. The van der Waals surface area contributed by atoms with E-state index in [0.717, 1.165) is 50.4 Å². The minimum atomic E-state index is 0.140. The zero-order valence-electron chi connectivity index (χ0n) is 17.8. The second kappa shape index (κ2) is 10.3. The molecule has 0 aromatic heterocycles. The number of hydrogen-bond acceptors (Lipinski definition) is 4. The van der Waals surface area contributed by atoms with Crippen LogP contribution in [0.4, 0.5) is 0 Å². The summed E-state index contributed by atoms with van der Waals surface area (Å²) >= 11 is 0. The van der Waals surface area contributed by atoms with Crippen LogP contribution in [-0.2, 0) is 24.2 Å². The van der Waals surface area contributed by atoms with Crippen LogP contribution >= 0.6 is 0 Å². The summed E-state index contributed by atoms with van der Waals surface area (Å²) in [5.41, 5.74) is 5.16. The molecule has 156 valence electrons. The zero-order chi connectivity index (χ0) is 20.6. The maximum Gasteiger partial charge on any atom is 0.220 e. The molecule has 1 N–H and O–H groups in total. The van der Waals surface area contributed by atoms with Crippen molar-refractivity contribution in [2.75, 3.05) is 33.9 Å². The van der Waals surface area contributed by atoms with E-state index in [0.29, 0.717) is 13.0 Å². The van der Waals surface area contributed by atoms with E-state index in [9.17, 15) is 4.79 Å². The zero-order valence-corrected chi connectivity index (χ0v) is 17.8. The Morgan fingerprint density at radius 3 is 2.45 bits per heavy atom. The lowest BCUT2D eigenvalue weighted by molar-refractivity contribution is -0.121. The van der Waals surface area contributed by atoms with Gasteiger partial charge in [-0.05, 0) is 55.0 Å². The highest BCUT2D eigenvalue weighted by Gasteiger charge is 2.19. The number of fused-ring (bicyclic) bond motifs is 1. The first-order valence-electron chi connectivity index (χ1n) is 10.4. The average molecular weight is 397 g/mol. The maximum atomic E-state index is 12.1. The van der Waals surface area contributed by atoms with Crippen LogP contribution in [-0.4, -0.2) is 44.7 Å². The Labute approximate surface area is 174 Å². The van der Waals surface area contributed by atoms with Gasteiger partial charge in [-0.3, -0.25) is 9.69 Å². The number of amides is 1. The smallest absolute Gasteiger partial charge is 0.220 e. The van der Waals surface area contributed by atoms with E-state index in [1.165, 1.54) is 22.3 Å². The molecular weight excluding hydrogens is 364 g/mol. The molecule has 1 heterocycles. The summed E-state index contributed by atoms with van der Waals surface area (Å²) in [6.45, 7) is 5.50. The van der Waals surface area contributed by atoms with Crippen LogP contribution in [0.1, 0.15) is 35.1 Å². The van der Waals surface area contributed by atoms with E-state index in [4.69, 9.17) is 9.47 Å². The molecule has 1 aliphatic rings. The summed E-state index contributed by atoms with van der Waals surface area (Å²) in [6.07, 6.45) is 3.39. The number of carbonyl (C=O) groups is 1. The van der Waals surface area contributed by atoms with Gasteiger partial charge in [0, 0.05) is 32.6 Å². The molecule has 0 saturated heterocycles. The molecule has 0 bridgehead atoms. The predicted octanol–water partition coefficient (Wildman–Crippen LogP) is 3.51. The Morgan fingerprint density at radius 1 is 1.07 bits per heavy atom. The van der Waals surface area contributed by atoms with Gasteiger partial charge in [0.05, 0.1) is 14.2 Å². The highest BCUT2D eigenvalue weighted by Crippen LogP contribution is 2.33. The van der Waals surface area contributed by atoms with Gasteiger partial charge in [0.25, 0.3) is 0 Å². The molecule has 2 aromatic carbocycles. The second-order valence-electron chi connectivity index (χ2n) is 7.69. The van der Waals surface area contributed by atoms with Crippen LogP contribution in [0, 0.1) is 6.92 Å². The first-order valence-corrected chi connectivity index (χ1v) is 10.4. The molecule has 0 atom stereocenters. The fourth-order valence-electron chi connectivity index (χ4n) is 3.78. The standard InChI is InChI=1S/C24H32N2O3/c1-18-7-9-19(10-8-18)5-4-6-24(27)25-12-14-26-13-11-20-15-22(28-2)23(29-3)16-21(20)17-26/h7-10,15-16H,4-6,11-14,17H2,1-3H3,(H,25,27). The quantitative estimate of drug-likeness (QED) is 0.705. The maximum absolute atomic E-state index is 12.1. The molecule has 0 fully saturated rings. The Kier molecular flexibility index (Phi) is 7.53. The third kappa shape index (κ3) is 5.97. The monoisotopic (exact) mass is 396 g/mol. The normalized spacial score (nSPS) is 13.6. The topological polar surface area (TPSA) is 50.8 Å². The lowest BCUT2D eigenvalue weighted by Crippen LogP contribution is -2.37. The van der Waals surface area contributed by atoms with Crippen LogP contribution in [0.15, 0.2) is 36.4 Å². The lowest BCUT2D eigenvalue weighted by Gasteiger charge is -2.29. The molecule has 5 heteroatoms. The van der Waals surface area contributed by atoms with Gasteiger partial charge in [0.1, 0.15) is 0 Å². The Balaban J connectivity index is 1.38. The van der Waals surface area contributed by atoms with Crippen LogP contribution in [0.2, 0.25) is 0 Å². The third-order valence-corrected chi connectivity index (χ3v) is 5.54. The lowest BCUT2D eigenvalue weighted by atomic mass is 9.99. The van der Waals surface area contributed by atoms with Gasteiger partial charge in [-0.15, -0.1) is 0 Å². The van der Waals surface area contributed by atoms with Crippen molar-refractivity contribution in [3.63, 3.8) is 0 Å². The van der Waals surface area contributed by atoms with Crippen molar-refractivity contribution in [2.45, 2.75) is 39.2 Å². The molecule has 5 nitrogen and oxygen atoms in total. The van der Waals surface area contributed by atoms with Crippen LogP contribution < -0.4 is 14.8 Å². The van der Waals surface area contributed by atoms with E-state index < -0.39 is 0 Å². The highest BCUT2D eigenvalue weighted by molar-refractivity contribution is 5.75. The van der Waals surface area contributed by atoms with Crippen molar-refractivity contribution < 1.29 is 14.3 Å². The van der Waals surface area contributed by atoms with Gasteiger partial charge in [0.15, 0.2) is 11.5 Å². The van der Waals surface area contributed by atoms with E-state index in [2.05, 4.69) is 53.5 Å². The molecular formula is C24H32N2O3. The number of rotatable bonds is 9. The number of benzene rings is 2. The SMILES string of the molecule is COc1cc2c(cc1OC)CN(CCNC(=O)CCCc1ccc(C)cc1)CC2. The summed E-state index contributed by atoms with van der Waals surface area (Å²) in [7, 11) is 3.34. The van der Waals surface area contributed by atoms with E-state index in [-0.39, 0.29) is 5.91 Å². The molecule has 29 heavy (non-hydrogen) atoms. The van der Waals surface area contributed by atoms with Gasteiger partial charge in [0.2, 0.25) is 5.91 Å². The minimum absolute atomic E-state index is 0.140. The molecule has 1 amide bonds. The van der Waals surface area contributed by atoms with Gasteiger partial charge < -0.3 is 14.8 Å². The summed E-state index contributed by atoms with van der Waals surface area (Å²) in [5, 5.41) is 3.06. The Bertz CT molecular complexity index is 818. The largest absolute Gasteiger partial charge is 0.493 e. The average Bonchev–Trinajstić information content (AvgIpc) is 2.74. The molecule has 0 radical (unpaired) electrons. The number of methoxy groups -OCH3 is 2. The second-order valence-corrected chi connectivity index (χ2v) is 7.69. The Hall–Kier alpha value is -2.53. The summed E-state index contributed by atoms with van der Waals surface area (Å²) in [6, 6.07) is 12.7. The summed E-state index contributed by atoms with van der Waals surface area (Å²) in [5.74, 6) is 1.70. The molecule has 0 unspecified atom stereocenters. The van der Waals surface area contributed by atoms with Gasteiger partial charge in [-0.25, -0.2) is 0 Å². The van der Waals surface area contributed by atoms with Crippen molar-refractivity contribution in [2.24, 2.45) is 0 Å². The first kappa shape index (κ1) is 21.2. The number of nitrogens with zero attached hydrogens (tertiary/aromatic N) is 1. The van der Waals surface area contributed by atoms with Gasteiger partial charge in [-0.2, -0.15) is 0 Å². The highest BCUT2D eigenvalue weighted by atomic mass is 16.5. The van der Waals surface area contributed by atoms with Crippen molar-refractivity contribution >= 4 is 5.91 Å². The summed E-state index contributed by atoms with van der Waals surface area (Å²) in [4.78, 5) is 14.5. The number of ether oxygens (including phenoxy) is 2. The van der Waals surface area contributed by atoms with Crippen LogP contribution in [0.3, 0.4) is 0 Å². The van der Waals surface area contributed by atoms with Crippen molar-refractivity contribution in [1.82, 2.24) is 10.2 Å². The molecule has 0 spiro atoms. The van der Waals surface area contributed by atoms with E-state index in [1.807, 2.05) is 0 Å². The molecule has 0 aliphatic carbocycles. The fourth-order valence-corrected chi connectivity index (χ4v) is 3.78. The van der Waals surface area contributed by atoms with Crippen LogP contribution in [0.5, 0.6) is 11.5 Å². The van der Waals surface area contributed by atoms with Crippen molar-refractivity contribution in [3.05, 3.63) is 58.7 Å². The van der Waals surface area contributed by atoms with Gasteiger partial charge >= 0.3 is 0 Å². The third-order valence-electron chi connectivity index (χ3n) is 5.54. The Morgan fingerprint density at radius 2 is 1.76 bits per heavy atom. The predicted molar refractivity (Wildman–Crippen MR) is 116 cm³/mol. The summed E-state index contributed by atoms with van der Waals surface area (Å²) < 4.78 is 10.8. The number of aryl methyl sites for hydroxylation is 2. The number of nitrogens with one attached hydrogen (secondary N) is 1. The van der Waals surface area contributed by atoms with Gasteiger partial charge in [-0.1, -0.05) is 29.8 Å². The molecule has 3 rings (SSSR count). The van der Waals surface area contributed by atoms with Crippen molar-refractivity contribution in [3.8, 4) is 11.5 Å². The fraction of sp³-hybridized carbons (Fsp3) is 0.458. The molecule has 0 saturated carbocycles. The molecule has 1 aliphatic heterocycles.